The van der Waals surface area contributed by atoms with Crippen molar-refractivity contribution in [2.75, 3.05) is 5.32 Å². The zero-order valence-corrected chi connectivity index (χ0v) is 20.7. The maximum absolute atomic E-state index is 13.1. The highest BCUT2D eigenvalue weighted by Crippen LogP contribution is 2.47. The van der Waals surface area contributed by atoms with Crippen LogP contribution in [-0.4, -0.2) is 5.91 Å². The molecule has 3 heterocycles. The number of nitrogens with one attached hydrogen (secondary N) is 2. The van der Waals surface area contributed by atoms with Crippen molar-refractivity contribution < 1.29 is 9.21 Å². The quantitative estimate of drug-likeness (QED) is 0.395. The van der Waals surface area contributed by atoms with E-state index in [1.807, 2.05) is 24.3 Å². The number of hydrogen-bond donors (Lipinski definition) is 2. The summed E-state index contributed by atoms with van der Waals surface area (Å²) in [4.78, 5) is 14.4. The van der Waals surface area contributed by atoms with Gasteiger partial charge >= 0.3 is 0 Å². The predicted molar refractivity (Wildman–Crippen MR) is 132 cm³/mol. The van der Waals surface area contributed by atoms with Gasteiger partial charge in [0.25, 0.3) is 5.91 Å². The highest BCUT2D eigenvalue weighted by Gasteiger charge is 2.37. The van der Waals surface area contributed by atoms with E-state index in [0.29, 0.717) is 32.9 Å². The molecule has 0 bridgehead atoms. The Bertz CT molecular complexity index is 1180. The maximum atomic E-state index is 13.1. The molecule has 2 atom stereocenters. The summed E-state index contributed by atoms with van der Waals surface area (Å²) in [6, 6.07) is 9.05. The van der Waals surface area contributed by atoms with Crippen molar-refractivity contribution in [3.8, 4) is 11.3 Å². The van der Waals surface area contributed by atoms with Crippen molar-refractivity contribution in [1.82, 2.24) is 5.32 Å². The minimum absolute atomic E-state index is 0.0294. The fraction of sp³-hybridized carbons (Fsp3) is 0.400. The number of halogens is 2. The Morgan fingerprint density at radius 1 is 1.16 bits per heavy atom. The first kappa shape index (κ1) is 21.9. The van der Waals surface area contributed by atoms with Crippen LogP contribution < -0.4 is 10.6 Å². The van der Waals surface area contributed by atoms with Crippen LogP contribution in [0.2, 0.25) is 10.0 Å². The molecule has 168 valence electrons. The van der Waals surface area contributed by atoms with Crippen molar-refractivity contribution in [3.63, 3.8) is 0 Å². The van der Waals surface area contributed by atoms with Gasteiger partial charge < -0.3 is 15.1 Å². The third kappa shape index (κ3) is 3.85. The highest BCUT2D eigenvalue weighted by molar-refractivity contribution is 7.16. The predicted octanol–water partition coefficient (Wildman–Crippen LogP) is 7.71. The third-order valence-electron chi connectivity index (χ3n) is 7.12. The number of carbonyl (C=O) groups is 1. The first-order valence-electron chi connectivity index (χ1n) is 11.0. The van der Waals surface area contributed by atoms with Crippen LogP contribution in [0.25, 0.3) is 11.3 Å². The van der Waals surface area contributed by atoms with Gasteiger partial charge in [-0.15, -0.1) is 11.3 Å². The molecule has 0 saturated carbocycles. The Morgan fingerprint density at radius 3 is 2.62 bits per heavy atom. The molecule has 0 radical (unpaired) electrons. The van der Waals surface area contributed by atoms with Crippen LogP contribution in [0.15, 0.2) is 34.7 Å². The van der Waals surface area contributed by atoms with Crippen LogP contribution in [0, 0.1) is 11.3 Å². The summed E-state index contributed by atoms with van der Waals surface area (Å²) in [6.07, 6.45) is 3.90. The number of anilines is 1. The highest BCUT2D eigenvalue weighted by atomic mass is 35.5. The molecule has 0 fully saturated rings. The lowest BCUT2D eigenvalue weighted by molar-refractivity contribution is 0.0930. The number of rotatable bonds is 4. The topological polar surface area (TPSA) is 54.3 Å². The van der Waals surface area contributed by atoms with Gasteiger partial charge in [-0.2, -0.15) is 0 Å². The Balaban J connectivity index is 1.41. The normalized spacial score (nSPS) is 20.3. The lowest BCUT2D eigenvalue weighted by atomic mass is 9.69. The molecule has 1 aromatic carbocycles. The molecule has 2 aliphatic rings. The van der Waals surface area contributed by atoms with Crippen LogP contribution in [0.3, 0.4) is 0 Å². The maximum Gasteiger partial charge on any atom is 0.256 e. The molecule has 5 rings (SSSR count). The van der Waals surface area contributed by atoms with Crippen LogP contribution in [0.4, 0.5) is 5.00 Å². The second-order valence-electron chi connectivity index (χ2n) is 9.40. The molecule has 1 amide bonds. The van der Waals surface area contributed by atoms with Crippen molar-refractivity contribution in [2.45, 2.75) is 52.6 Å². The van der Waals surface area contributed by atoms with E-state index < -0.39 is 6.17 Å². The standard InChI is InChI=1S/C25H26Cl2N2O2S/c1-4-25(2,3)14-5-6-17-20(11-14)32-24-21(17)23(30)28-22(29-24)19-8-7-18(31-19)13-9-15(26)12-16(27)10-13/h7-10,12,14,22,29H,4-6,11H2,1-3H3,(H,28,30)/t14-,22+/m0/s1. The van der Waals surface area contributed by atoms with Crippen molar-refractivity contribution in [1.29, 1.82) is 0 Å². The SMILES string of the molecule is CCC(C)(C)[C@H]1CCc2c(sc3c2C(=O)N[C@@H](c2ccc(-c4cc(Cl)cc(Cl)c4)o2)N3)C1. The molecular formula is C25H26Cl2N2O2S. The number of thiophene rings is 1. The molecular weight excluding hydrogens is 463 g/mol. The van der Waals surface area contributed by atoms with E-state index in [1.165, 1.54) is 10.4 Å². The van der Waals surface area contributed by atoms with Crippen LogP contribution in [0.5, 0.6) is 0 Å². The fourth-order valence-electron chi connectivity index (χ4n) is 4.76. The van der Waals surface area contributed by atoms with Gasteiger partial charge in [0.15, 0.2) is 6.17 Å². The van der Waals surface area contributed by atoms with Crippen molar-refractivity contribution in [3.05, 3.63) is 62.1 Å². The van der Waals surface area contributed by atoms with E-state index in [-0.39, 0.29) is 5.91 Å². The number of carbonyl (C=O) groups excluding carboxylic acids is 1. The lowest BCUT2D eigenvalue weighted by Gasteiger charge is -2.36. The molecule has 0 saturated heterocycles. The van der Waals surface area contributed by atoms with E-state index >= 15 is 0 Å². The second kappa shape index (κ2) is 8.12. The van der Waals surface area contributed by atoms with Gasteiger partial charge in [-0.25, -0.2) is 0 Å². The minimum atomic E-state index is -0.415. The molecule has 0 spiro atoms. The molecule has 7 heteroatoms. The Labute approximate surface area is 202 Å². The third-order valence-corrected chi connectivity index (χ3v) is 8.74. The number of fused-ring (bicyclic) bond motifs is 3. The average Bonchev–Trinajstić information content (AvgIpc) is 3.37. The summed E-state index contributed by atoms with van der Waals surface area (Å²) < 4.78 is 6.07. The first-order valence-corrected chi connectivity index (χ1v) is 12.6. The van der Waals surface area contributed by atoms with Gasteiger partial charge in [-0.05, 0) is 66.5 Å². The zero-order chi connectivity index (χ0) is 22.6. The van der Waals surface area contributed by atoms with Crippen LogP contribution >= 0.6 is 34.5 Å². The number of hydrogen-bond acceptors (Lipinski definition) is 4. The smallest absolute Gasteiger partial charge is 0.256 e. The number of benzene rings is 1. The summed E-state index contributed by atoms with van der Waals surface area (Å²) in [6.45, 7) is 6.99. The van der Waals surface area contributed by atoms with Crippen LogP contribution in [0.1, 0.15) is 66.3 Å². The van der Waals surface area contributed by atoms with Gasteiger partial charge in [-0.1, -0.05) is 50.4 Å². The number of furan rings is 1. The fourth-order valence-corrected chi connectivity index (χ4v) is 6.63. The molecule has 1 aliphatic carbocycles. The average molecular weight is 489 g/mol. The Kier molecular flexibility index (Phi) is 5.55. The zero-order valence-electron chi connectivity index (χ0n) is 18.4. The molecule has 3 aromatic rings. The van der Waals surface area contributed by atoms with Gasteiger partial charge in [0.1, 0.15) is 16.5 Å². The Morgan fingerprint density at radius 2 is 1.91 bits per heavy atom. The summed E-state index contributed by atoms with van der Waals surface area (Å²) in [5.41, 5.74) is 3.16. The largest absolute Gasteiger partial charge is 0.457 e. The molecule has 4 nitrogen and oxygen atoms in total. The lowest BCUT2D eigenvalue weighted by Crippen LogP contribution is -2.38. The van der Waals surface area contributed by atoms with Gasteiger partial charge in [0.2, 0.25) is 0 Å². The first-order chi connectivity index (χ1) is 15.2. The second-order valence-corrected chi connectivity index (χ2v) is 11.4. The molecule has 1 aliphatic heterocycles. The summed E-state index contributed by atoms with van der Waals surface area (Å²) in [5.74, 6) is 1.92. The van der Waals surface area contributed by atoms with E-state index in [9.17, 15) is 4.79 Å². The molecule has 2 N–H and O–H groups in total. The monoisotopic (exact) mass is 488 g/mol. The van der Waals surface area contributed by atoms with Crippen LogP contribution in [-0.2, 0) is 12.8 Å². The minimum Gasteiger partial charge on any atom is -0.457 e. The van der Waals surface area contributed by atoms with Gasteiger partial charge in [-0.3, -0.25) is 4.79 Å². The van der Waals surface area contributed by atoms with E-state index in [2.05, 4.69) is 31.4 Å². The van der Waals surface area contributed by atoms with E-state index in [0.717, 1.165) is 41.8 Å². The molecule has 0 unspecified atom stereocenters. The van der Waals surface area contributed by atoms with Gasteiger partial charge in [0, 0.05) is 20.5 Å². The molecule has 32 heavy (non-hydrogen) atoms. The van der Waals surface area contributed by atoms with E-state index in [4.69, 9.17) is 27.6 Å². The van der Waals surface area contributed by atoms with Crippen molar-refractivity contribution >= 4 is 45.4 Å². The Hall–Kier alpha value is -1.95. The van der Waals surface area contributed by atoms with E-state index in [1.54, 1.807) is 17.4 Å². The summed E-state index contributed by atoms with van der Waals surface area (Å²) in [5, 5.41) is 8.62. The summed E-state index contributed by atoms with van der Waals surface area (Å²) >= 11 is 14.0. The summed E-state index contributed by atoms with van der Waals surface area (Å²) in [7, 11) is 0. The number of amides is 1. The van der Waals surface area contributed by atoms with Gasteiger partial charge in [0.05, 0.1) is 5.56 Å². The van der Waals surface area contributed by atoms with Crippen molar-refractivity contribution in [2.24, 2.45) is 11.3 Å². The molecule has 2 aromatic heterocycles.